The molecule has 0 bridgehead atoms. The summed E-state index contributed by atoms with van der Waals surface area (Å²) in [6.45, 7) is 0. The van der Waals surface area contributed by atoms with Crippen molar-refractivity contribution in [2.24, 2.45) is 0 Å². The van der Waals surface area contributed by atoms with E-state index in [9.17, 15) is 0 Å². The topological polar surface area (TPSA) is 166 Å². The first-order chi connectivity index (χ1) is 11.6. The number of H-pyrrole nitrogens is 4. The van der Waals surface area contributed by atoms with E-state index in [-0.39, 0.29) is 0 Å². The highest BCUT2D eigenvalue weighted by molar-refractivity contribution is 6.25. The summed E-state index contributed by atoms with van der Waals surface area (Å²) in [5.41, 5.74) is 4.02. The Kier molecular flexibility index (Phi) is 5.50. The fourth-order valence-corrected chi connectivity index (χ4v) is 1.65. The van der Waals surface area contributed by atoms with Gasteiger partial charge in [-0.1, -0.05) is 34.7 Å². The molecule has 24 heavy (non-hydrogen) atoms. The Morgan fingerprint density at radius 1 is 0.750 bits per heavy atom. The number of hydrogen-bond acceptors (Lipinski definition) is 6. The third kappa shape index (κ3) is 4.59. The smallest absolute Gasteiger partial charge is 0.248 e. The van der Waals surface area contributed by atoms with Gasteiger partial charge in [-0.05, 0) is 24.3 Å². The van der Waals surface area contributed by atoms with Crippen molar-refractivity contribution in [3.8, 4) is 0 Å². The molecule has 0 aliphatic carbocycles. The average molecular weight is 328 g/mol. The van der Waals surface area contributed by atoms with Gasteiger partial charge in [0.05, 0.1) is 11.9 Å². The Hall–Kier alpha value is -3.82. The summed E-state index contributed by atoms with van der Waals surface area (Å²) >= 11 is 0. The van der Waals surface area contributed by atoms with Gasteiger partial charge in [0.1, 0.15) is 0 Å². The Balaban J connectivity index is 0.000000134. The van der Waals surface area contributed by atoms with Crippen LogP contribution in [0, 0.1) is 0 Å². The highest BCUT2D eigenvalue weighted by atomic mass is 16.4. The summed E-state index contributed by atoms with van der Waals surface area (Å²) in [4.78, 5) is 17.9. The summed E-state index contributed by atoms with van der Waals surface area (Å²) in [5, 5.41) is 36.8. The van der Waals surface area contributed by atoms with E-state index in [1.807, 2.05) is 48.5 Å². The van der Waals surface area contributed by atoms with Crippen LogP contribution in [-0.2, 0) is 9.59 Å². The molecule has 4 N–H and O–H groups in total. The number of carbonyl (C=O) groups is 2. The van der Waals surface area contributed by atoms with Gasteiger partial charge in [-0.2, -0.15) is 10.2 Å². The summed E-state index contributed by atoms with van der Waals surface area (Å²) in [5.74, 6) is -4.37. The number of aromatic nitrogens is 6. The lowest BCUT2D eigenvalue weighted by Gasteiger charge is -1.97. The molecule has 2 aromatic carbocycles. The van der Waals surface area contributed by atoms with Gasteiger partial charge in [0.2, 0.25) is 11.0 Å². The second-order valence-electron chi connectivity index (χ2n) is 4.31. The Morgan fingerprint density at radius 3 is 1.46 bits per heavy atom. The van der Waals surface area contributed by atoms with Gasteiger partial charge in [-0.25, -0.2) is 0 Å². The van der Waals surface area contributed by atoms with Gasteiger partial charge in [0.15, 0.2) is 11.0 Å². The van der Waals surface area contributed by atoms with Crippen LogP contribution in [-0.4, -0.2) is 32.6 Å². The maximum Gasteiger partial charge on any atom is 0.248 e. The van der Waals surface area contributed by atoms with Crippen LogP contribution in [0.15, 0.2) is 48.5 Å². The molecule has 0 saturated heterocycles. The van der Waals surface area contributed by atoms with Crippen molar-refractivity contribution in [3.63, 3.8) is 0 Å². The number of carboxylic acid groups (broad SMARTS) is 2. The molecule has 0 atom stereocenters. The van der Waals surface area contributed by atoms with Crippen LogP contribution in [0.4, 0.5) is 0 Å². The predicted octanol–water partition coefficient (Wildman–Crippen LogP) is -2.76. The van der Waals surface area contributed by atoms with E-state index in [2.05, 4.69) is 30.8 Å². The van der Waals surface area contributed by atoms with E-state index in [1.54, 1.807) is 0 Å². The van der Waals surface area contributed by atoms with Crippen LogP contribution < -0.4 is 20.4 Å². The molecule has 0 radical (unpaired) electrons. The third-order valence-corrected chi connectivity index (χ3v) is 2.71. The molecule has 2 heterocycles. The van der Waals surface area contributed by atoms with Crippen molar-refractivity contribution in [1.29, 1.82) is 0 Å². The number of rotatable bonds is 0. The quantitative estimate of drug-likeness (QED) is 0.332. The van der Waals surface area contributed by atoms with Gasteiger partial charge in [0, 0.05) is 10.2 Å². The number of aliphatic carboxylic acids is 2. The number of fused-ring (bicyclic) bond motifs is 2. The summed E-state index contributed by atoms with van der Waals surface area (Å²) in [6, 6.07) is 15.7. The lowest BCUT2D eigenvalue weighted by Crippen LogP contribution is -2.42. The summed E-state index contributed by atoms with van der Waals surface area (Å²) < 4.78 is 0. The van der Waals surface area contributed by atoms with Gasteiger partial charge < -0.3 is 19.8 Å². The zero-order valence-electron chi connectivity index (χ0n) is 12.1. The van der Waals surface area contributed by atoms with Crippen molar-refractivity contribution < 1.29 is 30.0 Å². The molecule has 0 saturated carbocycles. The first-order valence-electron chi connectivity index (χ1n) is 6.62. The highest BCUT2D eigenvalue weighted by Gasteiger charge is 2.00. The standard InChI is InChI=1S/2C6H5N3.C2H2O4/c2*1-2-4-6-5(3-1)7-9-8-6;3-1(4)2(5)6/h2*1-4H,(H,7,8,9);(H,3,4)(H,5,6). The molecule has 4 aromatic rings. The molecule has 122 valence electrons. The third-order valence-electron chi connectivity index (χ3n) is 2.71. The molecule has 10 nitrogen and oxygen atoms in total. The van der Waals surface area contributed by atoms with Gasteiger partial charge >= 0.3 is 0 Å². The van der Waals surface area contributed by atoms with E-state index in [0.717, 1.165) is 22.1 Å². The minimum absolute atomic E-state index is 0.970. The van der Waals surface area contributed by atoms with E-state index < -0.39 is 11.9 Å². The summed E-state index contributed by atoms with van der Waals surface area (Å²) in [7, 11) is 0. The molecule has 0 unspecified atom stereocenters. The van der Waals surface area contributed by atoms with Crippen molar-refractivity contribution >= 4 is 34.0 Å². The number of carboxylic acids is 2. The Bertz CT molecular complexity index is 810. The van der Waals surface area contributed by atoms with Gasteiger partial charge in [0.25, 0.3) is 0 Å². The Labute approximate surface area is 134 Å². The summed E-state index contributed by atoms with van der Waals surface area (Å²) in [6.07, 6.45) is 0. The lowest BCUT2D eigenvalue weighted by atomic mass is 10.3. The van der Waals surface area contributed by atoms with Crippen molar-refractivity contribution in [2.75, 3.05) is 0 Å². The molecule has 2 aromatic heterocycles. The minimum atomic E-state index is -2.19. The zero-order chi connectivity index (χ0) is 17.4. The Morgan fingerprint density at radius 2 is 1.12 bits per heavy atom. The van der Waals surface area contributed by atoms with E-state index in [0.29, 0.717) is 0 Å². The number of nitrogens with one attached hydrogen (secondary N) is 4. The number of hydrogen-bond donors (Lipinski definition) is 2. The molecular weight excluding hydrogens is 316 g/mol. The zero-order valence-corrected chi connectivity index (χ0v) is 12.1. The fraction of sp³-hybridized carbons (Fsp3) is 0. The van der Waals surface area contributed by atoms with Crippen LogP contribution in [0.2, 0.25) is 0 Å². The highest BCUT2D eigenvalue weighted by Crippen LogP contribution is 2.01. The number of para-hydroxylation sites is 4. The molecular formula is C14H12N6O4. The van der Waals surface area contributed by atoms with E-state index in [1.165, 1.54) is 0 Å². The molecule has 0 fully saturated rings. The van der Waals surface area contributed by atoms with Crippen molar-refractivity contribution in [2.45, 2.75) is 0 Å². The molecule has 0 amide bonds. The second kappa shape index (κ2) is 7.98. The number of aromatic amines is 4. The van der Waals surface area contributed by atoms with E-state index >= 15 is 0 Å². The van der Waals surface area contributed by atoms with Gasteiger partial charge in [-0.3, -0.25) is 0 Å². The number of carbonyl (C=O) groups excluding carboxylic acids is 2. The monoisotopic (exact) mass is 328 g/mol. The minimum Gasteiger partial charge on any atom is -0.543 e. The van der Waals surface area contributed by atoms with Crippen LogP contribution in [0.5, 0.6) is 0 Å². The van der Waals surface area contributed by atoms with Crippen LogP contribution >= 0.6 is 0 Å². The number of benzene rings is 2. The largest absolute Gasteiger partial charge is 0.543 e. The predicted molar refractivity (Wildman–Crippen MR) is 75.3 cm³/mol. The van der Waals surface area contributed by atoms with Gasteiger partial charge in [-0.15, -0.1) is 0 Å². The van der Waals surface area contributed by atoms with Crippen LogP contribution in [0.3, 0.4) is 0 Å². The SMILES string of the molecule is O=C([O-])C(=O)[O-].c1ccc2[nH+][nH]nc2c1.c1ccc2[nH+][nH]nc2c1. The number of nitrogens with zero attached hydrogens (tertiary/aromatic N) is 2. The fourth-order valence-electron chi connectivity index (χ4n) is 1.65. The molecule has 0 aliphatic heterocycles. The molecule has 10 heteroatoms. The van der Waals surface area contributed by atoms with Crippen LogP contribution in [0.25, 0.3) is 22.1 Å². The molecule has 0 aliphatic rings. The molecule has 4 rings (SSSR count). The normalized spacial score (nSPS) is 9.50. The van der Waals surface area contributed by atoms with Crippen LogP contribution in [0.1, 0.15) is 0 Å². The maximum atomic E-state index is 8.93. The van der Waals surface area contributed by atoms with E-state index in [4.69, 9.17) is 19.8 Å². The first-order valence-corrected chi connectivity index (χ1v) is 6.62. The van der Waals surface area contributed by atoms with Crippen molar-refractivity contribution in [3.05, 3.63) is 48.5 Å². The maximum absolute atomic E-state index is 8.93. The van der Waals surface area contributed by atoms with Crippen molar-refractivity contribution in [1.82, 2.24) is 20.6 Å². The first kappa shape index (κ1) is 16.5. The molecule has 0 spiro atoms. The lowest BCUT2D eigenvalue weighted by molar-refractivity contribution is -0.427. The second-order valence-corrected chi connectivity index (χ2v) is 4.31. The average Bonchev–Trinajstić information content (AvgIpc) is 3.24.